The number of hydrogen-bond acceptors (Lipinski definition) is 4. The molecule has 24 heavy (non-hydrogen) atoms. The summed E-state index contributed by atoms with van der Waals surface area (Å²) < 4.78 is 4.71. The second kappa shape index (κ2) is 7.81. The number of nitrogens with one attached hydrogen (secondary N) is 2. The van der Waals surface area contributed by atoms with E-state index in [0.29, 0.717) is 11.4 Å². The summed E-state index contributed by atoms with van der Waals surface area (Å²) in [5.74, 6) is -1.23. The molecule has 0 aliphatic heterocycles. The highest BCUT2D eigenvalue weighted by molar-refractivity contribution is 6.40. The van der Waals surface area contributed by atoms with Gasteiger partial charge in [0.05, 0.1) is 29.0 Å². The molecule has 1 atom stereocenters. The molecule has 1 heterocycles. The Bertz CT molecular complexity index is 777. The van der Waals surface area contributed by atoms with Gasteiger partial charge in [-0.15, -0.1) is 0 Å². The Hall–Kier alpha value is -2.56. The highest BCUT2D eigenvalue weighted by Gasteiger charge is 2.26. The Labute approximate surface area is 147 Å². The standard InChI is InChI=1S/C15H12Cl2N4O3/c1-18-8-3-10(16)13(11(17)4-8)14(22)21-12(15(23)24-2)5-9-6-19-7-20-9/h1,3-4,6-7,12H,5H2,2H3,(H-,19,20,21,22)/p+1/t12-/m1/s1. The fourth-order valence-electron chi connectivity index (χ4n) is 2.03. The molecule has 0 aliphatic carbocycles. The van der Waals surface area contributed by atoms with Gasteiger partial charge >= 0.3 is 11.7 Å². The molecule has 0 saturated heterocycles. The number of hydrogen-bond donors (Lipinski definition) is 2. The first-order valence-corrected chi connectivity index (χ1v) is 7.47. The molecule has 0 fully saturated rings. The first-order valence-electron chi connectivity index (χ1n) is 6.72. The number of aromatic nitrogens is 2. The van der Waals surface area contributed by atoms with Gasteiger partial charge < -0.3 is 15.0 Å². The zero-order chi connectivity index (χ0) is 17.7. The van der Waals surface area contributed by atoms with Gasteiger partial charge in [0.1, 0.15) is 6.04 Å². The number of halogens is 2. The summed E-state index contributed by atoms with van der Waals surface area (Å²) >= 11 is 12.1. The lowest BCUT2D eigenvalue weighted by Gasteiger charge is -2.16. The van der Waals surface area contributed by atoms with Crippen molar-refractivity contribution < 1.29 is 14.3 Å². The predicted molar refractivity (Wildman–Crippen MR) is 90.0 cm³/mol. The van der Waals surface area contributed by atoms with Crippen LogP contribution >= 0.6 is 23.2 Å². The number of carbonyl (C=O) groups excluding carboxylic acids is 2. The van der Waals surface area contributed by atoms with E-state index in [4.69, 9.17) is 34.5 Å². The molecule has 9 heteroatoms. The Morgan fingerprint density at radius 3 is 2.58 bits per heavy atom. The normalized spacial score (nSPS) is 11.4. The fourth-order valence-corrected chi connectivity index (χ4v) is 2.68. The van der Waals surface area contributed by atoms with Crippen LogP contribution in [-0.2, 0) is 16.0 Å². The van der Waals surface area contributed by atoms with Crippen molar-refractivity contribution in [2.75, 3.05) is 7.11 Å². The number of esters is 1. The third kappa shape index (κ3) is 4.04. The summed E-state index contributed by atoms with van der Waals surface area (Å²) in [6.45, 7) is 5.16. The monoisotopic (exact) mass is 367 g/mol. The van der Waals surface area contributed by atoms with E-state index < -0.39 is 17.9 Å². The van der Waals surface area contributed by atoms with Gasteiger partial charge in [-0.05, 0) is 4.85 Å². The highest BCUT2D eigenvalue weighted by atomic mass is 35.5. The number of amides is 1. The lowest BCUT2D eigenvalue weighted by molar-refractivity contribution is -0.142. The number of ether oxygens (including phenoxy) is 1. The third-order valence-electron chi connectivity index (χ3n) is 3.17. The molecule has 2 N–H and O–H groups in total. The number of nitrogens with zero attached hydrogens (tertiary/aromatic N) is 2. The first-order chi connectivity index (χ1) is 11.5. The maximum Gasteiger partial charge on any atom is 0.342 e. The van der Waals surface area contributed by atoms with Gasteiger partial charge in [-0.1, -0.05) is 23.2 Å². The molecule has 1 amide bonds. The topological polar surface area (TPSA) is 88.4 Å². The summed E-state index contributed by atoms with van der Waals surface area (Å²) in [6.07, 6.45) is 3.18. The van der Waals surface area contributed by atoms with Crippen LogP contribution in [0.4, 0.5) is 5.69 Å². The van der Waals surface area contributed by atoms with Gasteiger partial charge in [-0.2, -0.15) is 0 Å². The second-order valence-electron chi connectivity index (χ2n) is 4.74. The summed E-state index contributed by atoms with van der Waals surface area (Å²) in [4.78, 5) is 34.5. The fraction of sp³-hybridized carbons (Fsp3) is 0.200. The minimum Gasteiger partial charge on any atom is -0.467 e. The van der Waals surface area contributed by atoms with Crippen LogP contribution in [0.5, 0.6) is 0 Å². The van der Waals surface area contributed by atoms with E-state index in [1.165, 1.54) is 25.6 Å². The van der Waals surface area contributed by atoms with Gasteiger partial charge in [0.2, 0.25) is 0 Å². The molecule has 0 radical (unpaired) electrons. The summed E-state index contributed by atoms with van der Waals surface area (Å²) in [5, 5.41) is 2.68. The largest absolute Gasteiger partial charge is 0.467 e. The molecule has 2 rings (SSSR count). The molecule has 0 bridgehead atoms. The molecule has 0 spiro atoms. The predicted octanol–water partition coefficient (Wildman–Crippen LogP) is 2.82. The van der Waals surface area contributed by atoms with Crippen LogP contribution < -0.4 is 5.32 Å². The zero-order valence-corrected chi connectivity index (χ0v) is 14.1. The molecule has 0 saturated carbocycles. The van der Waals surface area contributed by atoms with Crippen LogP contribution in [0.1, 0.15) is 16.1 Å². The van der Waals surface area contributed by atoms with E-state index in [-0.39, 0.29) is 22.0 Å². The van der Waals surface area contributed by atoms with Crippen molar-refractivity contribution in [2.45, 2.75) is 12.5 Å². The van der Waals surface area contributed by atoms with Gasteiger partial charge in [0.15, 0.2) is 0 Å². The van der Waals surface area contributed by atoms with Crippen LogP contribution in [0.25, 0.3) is 4.85 Å². The van der Waals surface area contributed by atoms with Crippen molar-refractivity contribution in [3.63, 3.8) is 0 Å². The van der Waals surface area contributed by atoms with Crippen LogP contribution in [0, 0.1) is 6.57 Å². The molecular formula is C15H13Cl2N4O3+. The Morgan fingerprint density at radius 1 is 1.42 bits per heavy atom. The van der Waals surface area contributed by atoms with E-state index in [1.54, 1.807) is 6.20 Å². The molecule has 7 nitrogen and oxygen atoms in total. The lowest BCUT2D eigenvalue weighted by atomic mass is 10.1. The van der Waals surface area contributed by atoms with Crippen LogP contribution in [-0.4, -0.2) is 35.0 Å². The van der Waals surface area contributed by atoms with Gasteiger partial charge in [0, 0.05) is 30.4 Å². The van der Waals surface area contributed by atoms with Crippen molar-refractivity contribution in [3.8, 4) is 6.57 Å². The molecular weight excluding hydrogens is 355 g/mol. The van der Waals surface area contributed by atoms with Crippen LogP contribution in [0.15, 0.2) is 24.7 Å². The van der Waals surface area contributed by atoms with E-state index in [0.717, 1.165) is 0 Å². The number of benzene rings is 1. The van der Waals surface area contributed by atoms with E-state index in [2.05, 4.69) is 20.1 Å². The number of carbonyl (C=O) groups is 2. The van der Waals surface area contributed by atoms with Crippen molar-refractivity contribution in [1.82, 2.24) is 15.3 Å². The molecule has 0 aliphatic rings. The SMILES string of the molecule is C#[N+]c1cc(Cl)c(C(=O)N[C@H](Cc2cnc[nH]2)C(=O)OC)c(Cl)c1. The Morgan fingerprint density at radius 2 is 2.08 bits per heavy atom. The van der Waals surface area contributed by atoms with Crippen molar-refractivity contribution >= 4 is 40.8 Å². The number of aromatic amines is 1. The van der Waals surface area contributed by atoms with Gasteiger partial charge in [-0.25, -0.2) is 9.78 Å². The molecule has 1 aromatic carbocycles. The van der Waals surface area contributed by atoms with Crippen molar-refractivity contribution in [2.24, 2.45) is 0 Å². The smallest absolute Gasteiger partial charge is 0.342 e. The molecule has 2 aromatic rings. The number of rotatable bonds is 5. The van der Waals surface area contributed by atoms with E-state index in [1.807, 2.05) is 0 Å². The minimum atomic E-state index is -0.936. The number of methoxy groups -OCH3 is 1. The summed E-state index contributed by atoms with van der Waals surface area (Å²) in [6, 6.07) is 1.85. The molecule has 0 unspecified atom stereocenters. The average Bonchev–Trinajstić information content (AvgIpc) is 3.05. The highest BCUT2D eigenvalue weighted by Crippen LogP contribution is 2.30. The number of H-pyrrole nitrogens is 1. The summed E-state index contributed by atoms with van der Waals surface area (Å²) in [5.41, 5.74) is 0.993. The van der Waals surface area contributed by atoms with E-state index >= 15 is 0 Å². The van der Waals surface area contributed by atoms with Crippen molar-refractivity contribution in [1.29, 1.82) is 0 Å². The molecule has 1 aromatic heterocycles. The third-order valence-corrected chi connectivity index (χ3v) is 3.77. The zero-order valence-electron chi connectivity index (χ0n) is 12.5. The Kier molecular flexibility index (Phi) is 5.79. The quantitative estimate of drug-likeness (QED) is 0.795. The Balaban J connectivity index is 2.25. The lowest BCUT2D eigenvalue weighted by Crippen LogP contribution is -2.43. The average molecular weight is 368 g/mol. The van der Waals surface area contributed by atoms with Gasteiger partial charge in [-0.3, -0.25) is 4.79 Å². The number of imidazole rings is 1. The minimum absolute atomic E-state index is 0.0178. The maximum atomic E-state index is 12.5. The second-order valence-corrected chi connectivity index (χ2v) is 5.56. The summed E-state index contributed by atoms with van der Waals surface area (Å²) in [7, 11) is 1.23. The van der Waals surface area contributed by atoms with Gasteiger partial charge in [0.25, 0.3) is 12.5 Å². The first kappa shape index (κ1) is 17.8. The van der Waals surface area contributed by atoms with Crippen LogP contribution in [0.3, 0.4) is 0 Å². The maximum absolute atomic E-state index is 12.5. The van der Waals surface area contributed by atoms with E-state index in [9.17, 15) is 9.59 Å². The van der Waals surface area contributed by atoms with Crippen LogP contribution in [0.2, 0.25) is 10.0 Å². The van der Waals surface area contributed by atoms with Crippen molar-refractivity contribution in [3.05, 3.63) is 50.8 Å². The molecule has 124 valence electrons.